The Hall–Kier alpha value is -1.71. The predicted molar refractivity (Wildman–Crippen MR) is 63.8 cm³/mol. The average Bonchev–Trinajstić information content (AvgIpc) is 2.29. The maximum absolute atomic E-state index is 11.3. The number of amides is 2. The van der Waals surface area contributed by atoms with Crippen molar-refractivity contribution in [2.24, 2.45) is 0 Å². The van der Waals surface area contributed by atoms with Crippen LogP contribution in [0.25, 0.3) is 0 Å². The molecule has 0 aromatic heterocycles. The number of nitrogens with one attached hydrogen (secondary N) is 1. The van der Waals surface area contributed by atoms with Gasteiger partial charge in [0.05, 0.1) is 7.11 Å². The number of carbonyl (C=O) groups excluding carboxylic acids is 1. The van der Waals surface area contributed by atoms with Crippen molar-refractivity contribution in [1.82, 2.24) is 10.2 Å². The number of hydrogen-bond donors (Lipinski definition) is 1. The van der Waals surface area contributed by atoms with E-state index in [0.29, 0.717) is 6.54 Å². The van der Waals surface area contributed by atoms with E-state index in [1.54, 1.807) is 21.2 Å². The number of rotatable bonds is 4. The van der Waals surface area contributed by atoms with Crippen LogP contribution in [0.1, 0.15) is 5.56 Å². The van der Waals surface area contributed by atoms with Crippen molar-refractivity contribution < 1.29 is 9.53 Å². The maximum Gasteiger partial charge on any atom is 0.316 e. The average molecular weight is 222 g/mol. The summed E-state index contributed by atoms with van der Waals surface area (Å²) in [6.45, 7) is 0.609. The van der Waals surface area contributed by atoms with Gasteiger partial charge in [-0.05, 0) is 18.1 Å². The Balaban J connectivity index is 2.45. The molecule has 88 valence electrons. The number of nitrogens with zero attached hydrogens (tertiary/aromatic N) is 1. The third-order valence-electron chi connectivity index (χ3n) is 2.27. The van der Waals surface area contributed by atoms with Crippen LogP contribution in [0.5, 0.6) is 5.75 Å². The van der Waals surface area contributed by atoms with Gasteiger partial charge in [-0.15, -0.1) is 0 Å². The minimum Gasteiger partial charge on any atom is -0.496 e. The third kappa shape index (κ3) is 3.46. The van der Waals surface area contributed by atoms with Crippen LogP contribution in [0.2, 0.25) is 0 Å². The molecule has 0 saturated heterocycles. The Morgan fingerprint density at radius 1 is 1.38 bits per heavy atom. The van der Waals surface area contributed by atoms with E-state index >= 15 is 0 Å². The summed E-state index contributed by atoms with van der Waals surface area (Å²) in [5.41, 5.74) is 1.10. The maximum atomic E-state index is 11.3. The van der Waals surface area contributed by atoms with E-state index in [0.717, 1.165) is 17.7 Å². The second-order valence-electron chi connectivity index (χ2n) is 3.69. The number of para-hydroxylation sites is 1. The van der Waals surface area contributed by atoms with Gasteiger partial charge in [0.15, 0.2) is 0 Å². The van der Waals surface area contributed by atoms with Gasteiger partial charge in [0.1, 0.15) is 5.75 Å². The summed E-state index contributed by atoms with van der Waals surface area (Å²) in [4.78, 5) is 12.8. The highest BCUT2D eigenvalue weighted by atomic mass is 16.5. The first kappa shape index (κ1) is 12.4. The topological polar surface area (TPSA) is 41.6 Å². The number of urea groups is 1. The fourth-order valence-corrected chi connectivity index (χ4v) is 1.37. The van der Waals surface area contributed by atoms with Crippen LogP contribution in [0.3, 0.4) is 0 Å². The molecule has 0 aliphatic heterocycles. The lowest BCUT2D eigenvalue weighted by Gasteiger charge is -2.12. The number of carbonyl (C=O) groups is 1. The smallest absolute Gasteiger partial charge is 0.316 e. The lowest BCUT2D eigenvalue weighted by atomic mass is 10.1. The number of hydrogen-bond acceptors (Lipinski definition) is 2. The van der Waals surface area contributed by atoms with E-state index in [-0.39, 0.29) is 6.03 Å². The predicted octanol–water partition coefficient (Wildman–Crippen LogP) is 1.51. The molecule has 1 N–H and O–H groups in total. The number of methoxy groups -OCH3 is 1. The molecule has 0 saturated carbocycles. The van der Waals surface area contributed by atoms with Gasteiger partial charge in [-0.25, -0.2) is 4.79 Å². The van der Waals surface area contributed by atoms with Crippen LogP contribution in [0, 0.1) is 0 Å². The van der Waals surface area contributed by atoms with E-state index in [1.165, 1.54) is 4.90 Å². The van der Waals surface area contributed by atoms with Crippen molar-refractivity contribution in [2.45, 2.75) is 6.42 Å². The summed E-state index contributed by atoms with van der Waals surface area (Å²) in [6, 6.07) is 7.74. The molecule has 0 aliphatic carbocycles. The Morgan fingerprint density at radius 2 is 2.06 bits per heavy atom. The molecule has 0 radical (unpaired) electrons. The lowest BCUT2D eigenvalue weighted by molar-refractivity contribution is 0.217. The molecule has 0 fully saturated rings. The van der Waals surface area contributed by atoms with Crippen molar-refractivity contribution >= 4 is 6.03 Å². The van der Waals surface area contributed by atoms with E-state index in [2.05, 4.69) is 5.32 Å². The lowest BCUT2D eigenvalue weighted by Crippen LogP contribution is -2.35. The van der Waals surface area contributed by atoms with Gasteiger partial charge in [-0.3, -0.25) is 0 Å². The molecule has 2 amide bonds. The monoisotopic (exact) mass is 222 g/mol. The molecule has 0 unspecified atom stereocenters. The quantitative estimate of drug-likeness (QED) is 0.839. The molecule has 4 heteroatoms. The minimum absolute atomic E-state index is 0.0742. The Morgan fingerprint density at radius 3 is 2.69 bits per heavy atom. The molecule has 1 rings (SSSR count). The first-order chi connectivity index (χ1) is 7.65. The summed E-state index contributed by atoms with van der Waals surface area (Å²) in [6.07, 6.45) is 0.767. The van der Waals surface area contributed by atoms with Gasteiger partial charge in [0.2, 0.25) is 0 Å². The van der Waals surface area contributed by atoms with Crippen LogP contribution in [0.15, 0.2) is 24.3 Å². The Labute approximate surface area is 96.2 Å². The van der Waals surface area contributed by atoms with Gasteiger partial charge >= 0.3 is 6.03 Å². The highest BCUT2D eigenvalue weighted by Crippen LogP contribution is 2.17. The highest BCUT2D eigenvalue weighted by Gasteiger charge is 2.04. The second-order valence-corrected chi connectivity index (χ2v) is 3.69. The summed E-state index contributed by atoms with van der Waals surface area (Å²) in [7, 11) is 5.09. The van der Waals surface area contributed by atoms with Crippen LogP contribution < -0.4 is 10.1 Å². The zero-order valence-corrected chi connectivity index (χ0v) is 9.99. The largest absolute Gasteiger partial charge is 0.496 e. The fraction of sp³-hybridized carbons (Fsp3) is 0.417. The fourth-order valence-electron chi connectivity index (χ4n) is 1.37. The number of benzene rings is 1. The molecular formula is C12H18N2O2. The second kappa shape index (κ2) is 6.00. The van der Waals surface area contributed by atoms with Crippen molar-refractivity contribution in [3.8, 4) is 5.75 Å². The molecule has 0 aliphatic rings. The summed E-state index contributed by atoms with van der Waals surface area (Å²) >= 11 is 0. The first-order valence-corrected chi connectivity index (χ1v) is 5.22. The van der Waals surface area contributed by atoms with E-state index < -0.39 is 0 Å². The first-order valence-electron chi connectivity index (χ1n) is 5.22. The van der Waals surface area contributed by atoms with E-state index in [1.807, 2.05) is 24.3 Å². The van der Waals surface area contributed by atoms with Crippen molar-refractivity contribution in [1.29, 1.82) is 0 Å². The molecule has 4 nitrogen and oxygen atoms in total. The third-order valence-corrected chi connectivity index (χ3v) is 2.27. The summed E-state index contributed by atoms with van der Waals surface area (Å²) < 4.78 is 5.23. The summed E-state index contributed by atoms with van der Waals surface area (Å²) in [5, 5.41) is 2.81. The molecular weight excluding hydrogens is 204 g/mol. The van der Waals surface area contributed by atoms with Crippen LogP contribution in [0.4, 0.5) is 4.79 Å². The van der Waals surface area contributed by atoms with E-state index in [4.69, 9.17) is 4.74 Å². The Kier molecular flexibility index (Phi) is 4.64. The minimum atomic E-state index is -0.0742. The van der Waals surface area contributed by atoms with Gasteiger partial charge in [-0.2, -0.15) is 0 Å². The SMILES string of the molecule is COc1ccccc1CCNC(=O)N(C)C. The van der Waals surface area contributed by atoms with Crippen molar-refractivity contribution in [3.05, 3.63) is 29.8 Å². The van der Waals surface area contributed by atoms with Crippen LogP contribution in [-0.2, 0) is 6.42 Å². The van der Waals surface area contributed by atoms with Crippen LogP contribution in [-0.4, -0.2) is 38.7 Å². The zero-order valence-electron chi connectivity index (χ0n) is 9.99. The van der Waals surface area contributed by atoms with Gasteiger partial charge in [0, 0.05) is 20.6 Å². The standard InChI is InChI=1S/C12H18N2O2/c1-14(2)12(15)13-9-8-10-6-4-5-7-11(10)16-3/h4-7H,8-9H2,1-3H3,(H,13,15). The van der Waals surface area contributed by atoms with E-state index in [9.17, 15) is 4.79 Å². The molecule has 1 aromatic carbocycles. The molecule has 0 heterocycles. The van der Waals surface area contributed by atoms with Gasteiger partial charge < -0.3 is 15.0 Å². The van der Waals surface area contributed by atoms with Crippen molar-refractivity contribution in [2.75, 3.05) is 27.7 Å². The molecule has 0 spiro atoms. The van der Waals surface area contributed by atoms with Gasteiger partial charge in [0.25, 0.3) is 0 Å². The Bertz CT molecular complexity index is 351. The number of ether oxygens (including phenoxy) is 1. The molecule has 1 aromatic rings. The molecule has 0 bridgehead atoms. The van der Waals surface area contributed by atoms with Gasteiger partial charge in [-0.1, -0.05) is 18.2 Å². The highest BCUT2D eigenvalue weighted by molar-refractivity contribution is 5.73. The van der Waals surface area contributed by atoms with Crippen molar-refractivity contribution in [3.63, 3.8) is 0 Å². The zero-order chi connectivity index (χ0) is 12.0. The van der Waals surface area contributed by atoms with Crippen LogP contribution >= 0.6 is 0 Å². The molecule has 0 atom stereocenters. The molecule has 16 heavy (non-hydrogen) atoms. The summed E-state index contributed by atoms with van der Waals surface area (Å²) in [5.74, 6) is 0.863. The normalized spacial score (nSPS) is 9.69.